The van der Waals surface area contributed by atoms with E-state index in [-0.39, 0.29) is 17.5 Å². The number of alkyl halides is 3. The average molecular weight is 296 g/mol. The fraction of sp³-hybridized carbons (Fsp3) is 0.455. The molecule has 1 atom stereocenters. The lowest BCUT2D eigenvalue weighted by Crippen LogP contribution is -2.29. The van der Waals surface area contributed by atoms with Gasteiger partial charge in [0.05, 0.1) is 10.5 Å². The van der Waals surface area contributed by atoms with E-state index in [0.717, 1.165) is 24.3 Å². The average Bonchev–Trinajstić information content (AvgIpc) is 2.27. The Balaban J connectivity index is 2.80. The quantitative estimate of drug-likeness (QED) is 0.869. The Kier molecular flexibility index (Phi) is 4.94. The third-order valence-corrected chi connectivity index (χ3v) is 3.86. The lowest BCUT2D eigenvalue weighted by molar-refractivity contribution is -0.137. The molecule has 0 aliphatic rings. The molecule has 1 aromatic rings. The van der Waals surface area contributed by atoms with Crippen molar-refractivity contribution in [1.82, 2.24) is 4.72 Å². The summed E-state index contributed by atoms with van der Waals surface area (Å²) in [5, 5.41) is 0. The molecule has 0 amide bonds. The first-order valence-electron chi connectivity index (χ1n) is 5.55. The molecule has 0 spiro atoms. The van der Waals surface area contributed by atoms with Crippen molar-refractivity contribution in [3.8, 4) is 0 Å². The highest BCUT2D eigenvalue weighted by molar-refractivity contribution is 7.89. The van der Waals surface area contributed by atoms with Gasteiger partial charge in [-0.3, -0.25) is 0 Å². The number of nitrogens with two attached hydrogens (primary N) is 1. The highest BCUT2D eigenvalue weighted by atomic mass is 32.2. The van der Waals surface area contributed by atoms with Crippen molar-refractivity contribution in [1.29, 1.82) is 0 Å². The van der Waals surface area contributed by atoms with Gasteiger partial charge in [-0.1, -0.05) is 0 Å². The second-order valence-corrected chi connectivity index (χ2v) is 5.95. The van der Waals surface area contributed by atoms with Crippen LogP contribution in [-0.4, -0.2) is 21.0 Å². The van der Waals surface area contributed by atoms with Crippen LogP contribution in [-0.2, 0) is 16.2 Å². The molecule has 0 saturated heterocycles. The number of sulfonamides is 1. The Bertz CT molecular complexity index is 510. The van der Waals surface area contributed by atoms with E-state index in [2.05, 4.69) is 4.72 Å². The van der Waals surface area contributed by atoms with E-state index in [1.807, 2.05) is 0 Å². The molecular weight excluding hydrogens is 281 g/mol. The highest BCUT2D eigenvalue weighted by Gasteiger charge is 2.30. The van der Waals surface area contributed by atoms with Crippen molar-refractivity contribution in [2.75, 3.05) is 6.54 Å². The van der Waals surface area contributed by atoms with Crippen LogP contribution in [0.1, 0.15) is 18.9 Å². The Labute approximate surface area is 109 Å². The van der Waals surface area contributed by atoms with Crippen molar-refractivity contribution in [3.63, 3.8) is 0 Å². The van der Waals surface area contributed by atoms with Gasteiger partial charge >= 0.3 is 6.18 Å². The number of rotatable bonds is 5. The van der Waals surface area contributed by atoms with Gasteiger partial charge in [-0.05, 0) is 37.6 Å². The number of halogens is 3. The fourth-order valence-corrected chi connectivity index (χ4v) is 2.37. The minimum atomic E-state index is -4.48. The number of nitrogens with one attached hydrogen (secondary N) is 1. The lowest BCUT2D eigenvalue weighted by atomic mass is 10.2. The molecule has 8 heteroatoms. The zero-order valence-corrected chi connectivity index (χ0v) is 11.1. The summed E-state index contributed by atoms with van der Waals surface area (Å²) in [7, 11) is -3.79. The molecule has 0 aliphatic carbocycles. The van der Waals surface area contributed by atoms with Crippen LogP contribution in [0.25, 0.3) is 0 Å². The number of hydrogen-bond donors (Lipinski definition) is 2. The Morgan fingerprint density at radius 1 is 1.26 bits per heavy atom. The molecule has 0 aliphatic heterocycles. The van der Waals surface area contributed by atoms with Crippen molar-refractivity contribution < 1.29 is 21.6 Å². The largest absolute Gasteiger partial charge is 0.416 e. The van der Waals surface area contributed by atoms with E-state index < -0.39 is 21.8 Å². The summed E-state index contributed by atoms with van der Waals surface area (Å²) in [5.41, 5.74) is 4.58. The van der Waals surface area contributed by atoms with Gasteiger partial charge in [-0.2, -0.15) is 13.2 Å². The molecule has 0 radical (unpaired) electrons. The van der Waals surface area contributed by atoms with Gasteiger partial charge in [0.1, 0.15) is 0 Å². The van der Waals surface area contributed by atoms with Crippen molar-refractivity contribution in [2.45, 2.75) is 30.5 Å². The van der Waals surface area contributed by atoms with E-state index in [1.54, 1.807) is 6.92 Å². The van der Waals surface area contributed by atoms with Crippen molar-refractivity contribution >= 4 is 10.0 Å². The van der Waals surface area contributed by atoms with Crippen LogP contribution in [0.5, 0.6) is 0 Å². The van der Waals surface area contributed by atoms with E-state index in [1.165, 1.54) is 0 Å². The first-order valence-corrected chi connectivity index (χ1v) is 7.04. The van der Waals surface area contributed by atoms with Gasteiger partial charge in [-0.15, -0.1) is 0 Å². The molecule has 1 rings (SSSR count). The van der Waals surface area contributed by atoms with Gasteiger partial charge < -0.3 is 5.73 Å². The summed E-state index contributed by atoms with van der Waals surface area (Å²) in [6.45, 7) is 1.87. The second-order valence-electron chi connectivity index (χ2n) is 4.19. The molecular formula is C11H15F3N2O2S. The summed E-state index contributed by atoms with van der Waals surface area (Å²) in [6, 6.07) is 3.17. The highest BCUT2D eigenvalue weighted by Crippen LogP contribution is 2.29. The summed E-state index contributed by atoms with van der Waals surface area (Å²) < 4.78 is 62.7. The fourth-order valence-electron chi connectivity index (χ4n) is 1.33. The summed E-state index contributed by atoms with van der Waals surface area (Å²) in [6.07, 6.45) is -4.04. The van der Waals surface area contributed by atoms with Crippen LogP contribution >= 0.6 is 0 Å². The predicted molar refractivity (Wildman–Crippen MR) is 64.9 cm³/mol. The topological polar surface area (TPSA) is 72.2 Å². The van der Waals surface area contributed by atoms with Crippen LogP contribution in [0.3, 0.4) is 0 Å². The number of benzene rings is 1. The Hall–Kier alpha value is -1.12. The van der Waals surface area contributed by atoms with Crippen LogP contribution in [0.4, 0.5) is 13.2 Å². The molecule has 108 valence electrons. The molecule has 1 aromatic carbocycles. The molecule has 0 fully saturated rings. The standard InChI is InChI=1S/C11H15F3N2O2S/c1-8(15)6-7-16-19(17,18)10-4-2-9(3-5-10)11(12,13)14/h2-5,8,16H,6-7,15H2,1H3. The summed E-state index contributed by atoms with van der Waals surface area (Å²) in [5.74, 6) is 0. The minimum absolute atomic E-state index is 0.140. The summed E-state index contributed by atoms with van der Waals surface area (Å²) in [4.78, 5) is -0.204. The van der Waals surface area contributed by atoms with E-state index in [9.17, 15) is 21.6 Å². The normalized spacial score (nSPS) is 14.4. The molecule has 1 unspecified atom stereocenters. The zero-order valence-electron chi connectivity index (χ0n) is 10.2. The number of hydrogen-bond acceptors (Lipinski definition) is 3. The molecule has 3 N–H and O–H groups in total. The van der Waals surface area contributed by atoms with Gasteiger partial charge in [-0.25, -0.2) is 13.1 Å². The van der Waals surface area contributed by atoms with Crippen LogP contribution in [0, 0.1) is 0 Å². The van der Waals surface area contributed by atoms with Gasteiger partial charge in [0, 0.05) is 12.6 Å². The predicted octanol–water partition coefficient (Wildman–Crippen LogP) is 1.72. The first kappa shape index (κ1) is 15.9. The molecule has 19 heavy (non-hydrogen) atoms. The van der Waals surface area contributed by atoms with Crippen LogP contribution in [0.15, 0.2) is 29.2 Å². The maximum Gasteiger partial charge on any atom is 0.416 e. The third kappa shape index (κ3) is 4.81. The van der Waals surface area contributed by atoms with Gasteiger partial charge in [0.15, 0.2) is 0 Å². The van der Waals surface area contributed by atoms with Gasteiger partial charge in [0.2, 0.25) is 10.0 Å². The monoisotopic (exact) mass is 296 g/mol. The van der Waals surface area contributed by atoms with E-state index in [4.69, 9.17) is 5.73 Å². The van der Waals surface area contributed by atoms with Crippen LogP contribution in [0.2, 0.25) is 0 Å². The zero-order chi connectivity index (χ0) is 14.7. The molecule has 4 nitrogen and oxygen atoms in total. The smallest absolute Gasteiger partial charge is 0.328 e. The van der Waals surface area contributed by atoms with E-state index in [0.29, 0.717) is 6.42 Å². The third-order valence-electron chi connectivity index (χ3n) is 2.38. The Morgan fingerprint density at radius 2 is 1.79 bits per heavy atom. The lowest BCUT2D eigenvalue weighted by Gasteiger charge is -2.10. The maximum absolute atomic E-state index is 12.3. The second kappa shape index (κ2) is 5.89. The SMILES string of the molecule is CC(N)CCNS(=O)(=O)c1ccc(C(F)(F)F)cc1. The molecule has 0 aromatic heterocycles. The molecule has 0 saturated carbocycles. The molecule has 0 heterocycles. The van der Waals surface area contributed by atoms with E-state index >= 15 is 0 Å². The van der Waals surface area contributed by atoms with Gasteiger partial charge in [0.25, 0.3) is 0 Å². The van der Waals surface area contributed by atoms with Crippen LogP contribution < -0.4 is 10.5 Å². The Morgan fingerprint density at radius 3 is 2.21 bits per heavy atom. The first-order chi connectivity index (χ1) is 8.63. The minimum Gasteiger partial charge on any atom is -0.328 e. The van der Waals surface area contributed by atoms with Crippen molar-refractivity contribution in [2.24, 2.45) is 5.73 Å². The summed E-state index contributed by atoms with van der Waals surface area (Å²) >= 11 is 0. The maximum atomic E-state index is 12.3. The molecule has 0 bridgehead atoms. The van der Waals surface area contributed by atoms with Crippen molar-refractivity contribution in [3.05, 3.63) is 29.8 Å².